The number of aliphatic hydroxyl groups is 1. The summed E-state index contributed by atoms with van der Waals surface area (Å²) >= 11 is 6.09. The second-order valence-electron chi connectivity index (χ2n) is 9.84. The summed E-state index contributed by atoms with van der Waals surface area (Å²) in [5, 5.41) is 24.3. The fourth-order valence-electron chi connectivity index (χ4n) is 4.78. The molecule has 0 aromatic heterocycles. The smallest absolute Gasteiger partial charge is 0.303 e. The zero-order valence-electron chi connectivity index (χ0n) is 20.0. The zero-order valence-corrected chi connectivity index (χ0v) is 20.7. The first-order valence-corrected chi connectivity index (χ1v) is 12.4. The highest BCUT2D eigenvalue weighted by molar-refractivity contribution is 6.30. The Morgan fingerprint density at radius 1 is 1.15 bits per heavy atom. The topological polar surface area (TPSA) is 72.8 Å². The summed E-state index contributed by atoms with van der Waals surface area (Å²) in [6, 6.07) is 14.2. The minimum atomic E-state index is -0.844. The third kappa shape index (κ3) is 7.38. The maximum atomic E-state index is 11.4. The fourth-order valence-corrected chi connectivity index (χ4v) is 4.90. The van der Waals surface area contributed by atoms with Crippen molar-refractivity contribution in [2.45, 2.75) is 83.3 Å². The number of carbonyl (C=O) groups is 1. The standard InChI is InChI=1S/C27H37ClN2O3/c1-4-19(17-26(31)32)20-10-15-25(24(16-20)29-22-13-11-21(28)12-14-22)30(18-27(2,3)33)23-8-6-5-7-9-23/h10-16,19,23,29,33H,4-9,17-18H2,1-3H3,(H,31,32)/t19-/m0/s1. The van der Waals surface area contributed by atoms with Crippen molar-refractivity contribution >= 4 is 34.6 Å². The number of aliphatic carboxylic acids is 1. The van der Waals surface area contributed by atoms with E-state index in [2.05, 4.69) is 28.4 Å². The lowest BCUT2D eigenvalue weighted by atomic mass is 9.90. The van der Waals surface area contributed by atoms with Gasteiger partial charge in [0.15, 0.2) is 0 Å². The van der Waals surface area contributed by atoms with Gasteiger partial charge in [-0.2, -0.15) is 0 Å². The third-order valence-corrected chi connectivity index (χ3v) is 6.66. The van der Waals surface area contributed by atoms with Crippen LogP contribution in [0, 0.1) is 0 Å². The van der Waals surface area contributed by atoms with Crippen molar-refractivity contribution in [2.24, 2.45) is 0 Å². The summed E-state index contributed by atoms with van der Waals surface area (Å²) in [5.74, 6) is -0.844. The Hall–Kier alpha value is -2.24. The molecule has 1 saturated carbocycles. The van der Waals surface area contributed by atoms with E-state index in [0.29, 0.717) is 17.6 Å². The molecule has 1 atom stereocenters. The number of carboxylic acid groups (broad SMARTS) is 1. The van der Waals surface area contributed by atoms with Crippen molar-refractivity contribution < 1.29 is 15.0 Å². The van der Waals surface area contributed by atoms with E-state index in [1.165, 1.54) is 19.3 Å². The normalized spacial score (nSPS) is 15.8. The predicted octanol–water partition coefficient (Wildman–Crippen LogP) is 6.96. The Bertz CT molecular complexity index is 918. The Balaban J connectivity index is 2.05. The van der Waals surface area contributed by atoms with E-state index in [-0.39, 0.29) is 12.3 Å². The average molecular weight is 473 g/mol. The highest BCUT2D eigenvalue weighted by atomic mass is 35.5. The highest BCUT2D eigenvalue weighted by Gasteiger charge is 2.29. The van der Waals surface area contributed by atoms with Gasteiger partial charge in [-0.15, -0.1) is 0 Å². The second-order valence-corrected chi connectivity index (χ2v) is 10.3. The van der Waals surface area contributed by atoms with Crippen LogP contribution >= 0.6 is 11.6 Å². The van der Waals surface area contributed by atoms with Crippen LogP contribution in [0.15, 0.2) is 42.5 Å². The van der Waals surface area contributed by atoms with E-state index in [0.717, 1.165) is 41.9 Å². The molecule has 5 nitrogen and oxygen atoms in total. The zero-order chi connectivity index (χ0) is 24.0. The van der Waals surface area contributed by atoms with Gasteiger partial charge in [0.05, 0.1) is 23.4 Å². The van der Waals surface area contributed by atoms with Crippen LogP contribution in [0.5, 0.6) is 0 Å². The highest BCUT2D eigenvalue weighted by Crippen LogP contribution is 2.38. The molecule has 1 fully saturated rings. The number of nitrogens with zero attached hydrogens (tertiary/aromatic N) is 1. The van der Waals surface area contributed by atoms with Gasteiger partial charge in [-0.3, -0.25) is 4.79 Å². The summed E-state index contributed by atoms with van der Waals surface area (Å²) in [5.41, 5.74) is 3.03. The molecule has 0 heterocycles. The fraction of sp³-hybridized carbons (Fsp3) is 0.519. The Morgan fingerprint density at radius 2 is 1.82 bits per heavy atom. The van der Waals surface area contributed by atoms with Gasteiger partial charge in [-0.1, -0.05) is 43.9 Å². The molecule has 0 radical (unpaired) electrons. The van der Waals surface area contributed by atoms with Crippen LogP contribution in [-0.2, 0) is 4.79 Å². The molecular formula is C27H37ClN2O3. The van der Waals surface area contributed by atoms with Crippen molar-refractivity contribution in [3.63, 3.8) is 0 Å². The van der Waals surface area contributed by atoms with Crippen molar-refractivity contribution in [3.8, 4) is 0 Å². The second kappa shape index (κ2) is 11.3. The van der Waals surface area contributed by atoms with Crippen LogP contribution in [0.25, 0.3) is 0 Å². The molecule has 0 unspecified atom stereocenters. The number of benzene rings is 2. The van der Waals surface area contributed by atoms with E-state index in [9.17, 15) is 15.0 Å². The molecule has 6 heteroatoms. The molecule has 3 rings (SSSR count). The van der Waals surface area contributed by atoms with E-state index < -0.39 is 11.6 Å². The quantitative estimate of drug-likeness (QED) is 0.348. The lowest BCUT2D eigenvalue weighted by molar-refractivity contribution is -0.137. The Kier molecular flexibility index (Phi) is 8.66. The summed E-state index contributed by atoms with van der Waals surface area (Å²) < 4.78 is 0. The molecule has 2 aromatic rings. The van der Waals surface area contributed by atoms with E-state index in [1.807, 2.05) is 45.0 Å². The monoisotopic (exact) mass is 472 g/mol. The van der Waals surface area contributed by atoms with Crippen LogP contribution in [0.2, 0.25) is 5.02 Å². The third-order valence-electron chi connectivity index (χ3n) is 6.41. The predicted molar refractivity (Wildman–Crippen MR) is 137 cm³/mol. The first-order valence-electron chi connectivity index (χ1n) is 12.0. The summed E-state index contributed by atoms with van der Waals surface area (Å²) in [4.78, 5) is 13.8. The van der Waals surface area contributed by atoms with Crippen molar-refractivity contribution in [3.05, 3.63) is 53.1 Å². The number of rotatable bonds is 10. The number of hydrogen-bond acceptors (Lipinski definition) is 4. The Morgan fingerprint density at radius 3 is 2.39 bits per heavy atom. The van der Waals surface area contributed by atoms with Gasteiger partial charge < -0.3 is 20.4 Å². The van der Waals surface area contributed by atoms with Gasteiger partial charge in [0.1, 0.15) is 0 Å². The van der Waals surface area contributed by atoms with Gasteiger partial charge in [-0.05, 0) is 81.0 Å². The molecule has 0 amide bonds. The maximum absolute atomic E-state index is 11.4. The SMILES string of the molecule is CC[C@@H](CC(=O)O)c1ccc(N(CC(C)(C)O)C2CCCCC2)c(Nc2ccc(Cl)cc2)c1. The molecule has 1 aliphatic rings. The van der Waals surface area contributed by atoms with Crippen LogP contribution in [0.4, 0.5) is 17.1 Å². The van der Waals surface area contributed by atoms with E-state index in [1.54, 1.807) is 0 Å². The molecule has 2 aromatic carbocycles. The minimum absolute atomic E-state index is 0.0558. The summed E-state index contributed by atoms with van der Waals surface area (Å²) in [7, 11) is 0. The first-order chi connectivity index (χ1) is 15.7. The van der Waals surface area contributed by atoms with Gasteiger partial charge in [0, 0.05) is 23.3 Å². The molecule has 0 saturated heterocycles. The number of carboxylic acids is 1. The molecule has 1 aliphatic carbocycles. The number of anilines is 3. The molecule has 3 N–H and O–H groups in total. The maximum Gasteiger partial charge on any atom is 0.303 e. The lowest BCUT2D eigenvalue weighted by Crippen LogP contribution is -2.45. The van der Waals surface area contributed by atoms with Crippen LogP contribution in [-0.4, -0.2) is 34.4 Å². The van der Waals surface area contributed by atoms with Gasteiger partial charge in [0.2, 0.25) is 0 Å². The van der Waals surface area contributed by atoms with E-state index in [4.69, 9.17) is 11.6 Å². The van der Waals surface area contributed by atoms with E-state index >= 15 is 0 Å². The molecule has 180 valence electrons. The van der Waals surface area contributed by atoms with Crippen LogP contribution in [0.3, 0.4) is 0 Å². The largest absolute Gasteiger partial charge is 0.481 e. The van der Waals surface area contributed by atoms with Gasteiger partial charge >= 0.3 is 5.97 Å². The molecule has 0 spiro atoms. The van der Waals surface area contributed by atoms with Crippen LogP contribution in [0.1, 0.15) is 77.2 Å². The molecule has 0 bridgehead atoms. The van der Waals surface area contributed by atoms with Gasteiger partial charge in [0.25, 0.3) is 0 Å². The average Bonchev–Trinajstić information content (AvgIpc) is 2.77. The molecular weight excluding hydrogens is 436 g/mol. The first kappa shape index (κ1) is 25.4. The Labute approximate surface area is 202 Å². The summed E-state index contributed by atoms with van der Waals surface area (Å²) in [6.07, 6.45) is 6.72. The number of hydrogen-bond donors (Lipinski definition) is 3. The van der Waals surface area contributed by atoms with Crippen molar-refractivity contribution in [2.75, 3.05) is 16.8 Å². The molecule has 0 aliphatic heterocycles. The minimum Gasteiger partial charge on any atom is -0.481 e. The van der Waals surface area contributed by atoms with Crippen molar-refractivity contribution in [1.82, 2.24) is 0 Å². The van der Waals surface area contributed by atoms with Gasteiger partial charge in [-0.25, -0.2) is 0 Å². The van der Waals surface area contributed by atoms with Crippen LogP contribution < -0.4 is 10.2 Å². The number of nitrogens with one attached hydrogen (secondary N) is 1. The van der Waals surface area contributed by atoms with Crippen molar-refractivity contribution in [1.29, 1.82) is 0 Å². The lowest BCUT2D eigenvalue weighted by Gasteiger charge is -2.40. The molecule has 33 heavy (non-hydrogen) atoms. The number of halogens is 1. The summed E-state index contributed by atoms with van der Waals surface area (Å²) in [6.45, 7) is 6.25.